The van der Waals surface area contributed by atoms with E-state index in [2.05, 4.69) is 37.5 Å². The molecular weight excluding hydrogens is 844 g/mol. The summed E-state index contributed by atoms with van der Waals surface area (Å²) in [5.41, 5.74) is 1.20. The van der Waals surface area contributed by atoms with Crippen LogP contribution in [0.3, 0.4) is 0 Å². The van der Waals surface area contributed by atoms with Crippen molar-refractivity contribution in [3.63, 3.8) is 0 Å². The van der Waals surface area contributed by atoms with Gasteiger partial charge in [-0.15, -0.1) is 12.4 Å². The van der Waals surface area contributed by atoms with Gasteiger partial charge in [-0.25, -0.2) is 16.8 Å². The van der Waals surface area contributed by atoms with Gasteiger partial charge in [0, 0.05) is 34.6 Å². The third kappa shape index (κ3) is 8.88. The highest BCUT2D eigenvalue weighted by molar-refractivity contribution is 7.92. The van der Waals surface area contributed by atoms with Gasteiger partial charge in [-0.2, -0.15) is 10.2 Å². The minimum Gasteiger partial charge on any atom is -0.490 e. The zero-order valence-electron chi connectivity index (χ0n) is 33.6. The maximum atomic E-state index is 13.6. The first-order valence-electron chi connectivity index (χ1n) is 20.4. The predicted molar refractivity (Wildman–Crippen MR) is 247 cm³/mol. The molecule has 2 saturated heterocycles. The number of ether oxygens (including phenoxy) is 2. The fraction of sp³-hybridized carbons (Fsp3) is 0.277. The van der Waals surface area contributed by atoms with E-state index in [1.165, 1.54) is 0 Å². The van der Waals surface area contributed by atoms with Crippen LogP contribution in [0.5, 0.6) is 11.5 Å². The third-order valence-corrected chi connectivity index (χ3v) is 15.0. The van der Waals surface area contributed by atoms with E-state index in [4.69, 9.17) is 9.47 Å². The van der Waals surface area contributed by atoms with Crippen LogP contribution >= 0.6 is 12.4 Å². The van der Waals surface area contributed by atoms with Crippen molar-refractivity contribution in [1.29, 1.82) is 0 Å². The molecule has 0 unspecified atom stereocenters. The van der Waals surface area contributed by atoms with Crippen LogP contribution in [0.2, 0.25) is 0 Å². The van der Waals surface area contributed by atoms with Gasteiger partial charge in [-0.05, 0) is 105 Å². The molecule has 62 heavy (non-hydrogen) atoms. The van der Waals surface area contributed by atoms with E-state index in [1.807, 2.05) is 78.9 Å². The Morgan fingerprint density at radius 3 is 1.48 bits per heavy atom. The first-order valence-corrected chi connectivity index (χ1v) is 23.3. The van der Waals surface area contributed by atoms with Crippen LogP contribution in [0.4, 0.5) is 0 Å². The Labute approximate surface area is 368 Å². The maximum Gasteiger partial charge on any atom is 0.224 e. The molecule has 0 spiro atoms. The molecule has 324 valence electrons. The molecule has 0 aliphatic carbocycles. The Bertz CT molecular complexity index is 3040. The lowest BCUT2D eigenvalue weighted by atomic mass is 10.1. The summed E-state index contributed by atoms with van der Waals surface area (Å²) in [6, 6.07) is 36.5. The van der Waals surface area contributed by atoms with E-state index in [-0.39, 0.29) is 51.9 Å². The molecular formula is C47H51ClN6O6S2. The highest BCUT2D eigenvalue weighted by Crippen LogP contribution is 2.35. The molecule has 0 atom stereocenters. The number of nitrogens with one attached hydrogen (secondary N) is 3. The molecule has 4 heterocycles. The lowest BCUT2D eigenvalue weighted by Gasteiger charge is -2.31. The standard InChI is InChI=1S/C24H25N3O3S.C22H21N3O3S.CH4.ClH/c1-2-27-14-12-18(13-15-27)30-19-10-11-22-21(16-19)24(26-25-22)31(28,29)23-9-5-7-17-6-3-4-8-20(17)23;26-29(27,21-7-3-5-15-4-1-2-6-18(15)21)22-19-14-17(8-9-20(19)24-25-22)28-16-10-12-23-13-11-16;;/h3-11,16,18H,2,12-15H2,1H3,(H,25,26);1-9,14,16,23H,10-13H2,(H,24,25);1H4;1H. The normalized spacial score (nSPS) is 15.4. The first-order chi connectivity index (χ1) is 29.2. The first kappa shape index (κ1) is 44.5. The number of H-pyrrole nitrogens is 2. The molecule has 8 aromatic rings. The van der Waals surface area contributed by atoms with Crippen molar-refractivity contribution in [3.05, 3.63) is 121 Å². The average molecular weight is 896 g/mol. The van der Waals surface area contributed by atoms with Crippen LogP contribution in [-0.4, -0.2) is 87.1 Å². The lowest BCUT2D eigenvalue weighted by Crippen LogP contribution is -2.37. The van der Waals surface area contributed by atoms with E-state index >= 15 is 0 Å². The Morgan fingerprint density at radius 2 is 1.02 bits per heavy atom. The summed E-state index contributed by atoms with van der Waals surface area (Å²) in [6.45, 7) is 7.14. The molecule has 0 saturated carbocycles. The Kier molecular flexibility index (Phi) is 13.5. The van der Waals surface area contributed by atoms with Crippen molar-refractivity contribution in [3.8, 4) is 11.5 Å². The summed E-state index contributed by atoms with van der Waals surface area (Å²) in [5, 5.41) is 21.7. The molecule has 2 fully saturated rings. The van der Waals surface area contributed by atoms with Crippen LogP contribution < -0.4 is 14.8 Å². The highest BCUT2D eigenvalue weighted by Gasteiger charge is 2.28. The quantitative estimate of drug-likeness (QED) is 0.128. The number of likely N-dealkylation sites (tertiary alicyclic amines) is 1. The van der Waals surface area contributed by atoms with Gasteiger partial charge in [0.05, 0.1) is 20.8 Å². The van der Waals surface area contributed by atoms with E-state index in [0.29, 0.717) is 44.1 Å². The summed E-state index contributed by atoms with van der Waals surface area (Å²) in [6.07, 6.45) is 4.09. The molecule has 12 nitrogen and oxygen atoms in total. The van der Waals surface area contributed by atoms with Crippen molar-refractivity contribution < 1.29 is 26.3 Å². The van der Waals surface area contributed by atoms with E-state index in [0.717, 1.165) is 69.2 Å². The summed E-state index contributed by atoms with van der Waals surface area (Å²) in [4.78, 5) is 2.95. The molecule has 0 radical (unpaired) electrons. The number of aromatic nitrogens is 4. The topological polar surface area (TPSA) is 159 Å². The molecule has 10 rings (SSSR count). The van der Waals surface area contributed by atoms with Gasteiger partial charge in [-0.3, -0.25) is 10.2 Å². The minimum absolute atomic E-state index is 0. The van der Waals surface area contributed by atoms with Crippen LogP contribution in [-0.2, 0) is 19.7 Å². The Morgan fingerprint density at radius 1 is 0.581 bits per heavy atom. The second-order valence-corrected chi connectivity index (χ2v) is 19.0. The number of hydrogen-bond acceptors (Lipinski definition) is 10. The predicted octanol–water partition coefficient (Wildman–Crippen LogP) is 9.15. The fourth-order valence-corrected chi connectivity index (χ4v) is 11.4. The smallest absolute Gasteiger partial charge is 0.224 e. The van der Waals surface area contributed by atoms with Crippen LogP contribution in [0.1, 0.15) is 40.0 Å². The molecule has 6 aromatic carbocycles. The molecule has 0 bridgehead atoms. The average Bonchev–Trinajstić information content (AvgIpc) is 3.92. The molecule has 15 heteroatoms. The summed E-state index contributed by atoms with van der Waals surface area (Å²) < 4.78 is 66.5. The highest BCUT2D eigenvalue weighted by atomic mass is 35.5. The zero-order valence-corrected chi connectivity index (χ0v) is 36.0. The van der Waals surface area contributed by atoms with Gasteiger partial charge in [0.25, 0.3) is 0 Å². The lowest BCUT2D eigenvalue weighted by molar-refractivity contribution is 0.104. The monoisotopic (exact) mass is 894 g/mol. The molecule has 2 aliphatic rings. The number of fused-ring (bicyclic) bond motifs is 4. The van der Waals surface area contributed by atoms with Gasteiger partial charge in [0.15, 0.2) is 10.1 Å². The molecule has 2 aliphatic heterocycles. The van der Waals surface area contributed by atoms with Crippen molar-refractivity contribution in [1.82, 2.24) is 30.6 Å². The fourth-order valence-electron chi connectivity index (χ4n) is 8.21. The number of aromatic amines is 2. The van der Waals surface area contributed by atoms with E-state index in [9.17, 15) is 16.8 Å². The van der Waals surface area contributed by atoms with Crippen LogP contribution in [0.25, 0.3) is 43.4 Å². The van der Waals surface area contributed by atoms with Gasteiger partial charge in [0.2, 0.25) is 19.7 Å². The van der Waals surface area contributed by atoms with Crippen molar-refractivity contribution >= 4 is 75.4 Å². The number of piperidine rings is 2. The number of halogens is 1. The van der Waals surface area contributed by atoms with Gasteiger partial charge in [0.1, 0.15) is 23.7 Å². The zero-order chi connectivity index (χ0) is 41.3. The SMILES string of the molecule is C.CCN1CCC(Oc2ccc3n[nH]c(S(=O)(=O)c4cccc5ccccc45)c3c2)CC1.Cl.O=S(=O)(c1cccc2ccccc12)c1[nH]nc2ccc(OC3CCNCC3)cc12. The summed E-state index contributed by atoms with van der Waals surface area (Å²) in [7, 11) is -7.57. The molecule has 3 N–H and O–H groups in total. The maximum absolute atomic E-state index is 13.6. The number of rotatable bonds is 9. The van der Waals surface area contributed by atoms with Crippen molar-refractivity contribution in [2.75, 3.05) is 32.7 Å². The van der Waals surface area contributed by atoms with Crippen molar-refractivity contribution in [2.24, 2.45) is 0 Å². The second-order valence-electron chi connectivity index (χ2n) is 15.2. The van der Waals surface area contributed by atoms with Crippen molar-refractivity contribution in [2.45, 2.75) is 72.1 Å². The Hall–Kier alpha value is -5.51. The van der Waals surface area contributed by atoms with Crippen LogP contribution in [0, 0.1) is 0 Å². The van der Waals surface area contributed by atoms with Gasteiger partial charge >= 0.3 is 0 Å². The van der Waals surface area contributed by atoms with E-state index < -0.39 is 19.7 Å². The number of nitrogens with zero attached hydrogens (tertiary/aromatic N) is 3. The number of sulfone groups is 2. The van der Waals surface area contributed by atoms with Crippen LogP contribution in [0.15, 0.2) is 141 Å². The van der Waals surface area contributed by atoms with Gasteiger partial charge in [-0.1, -0.05) is 87.1 Å². The minimum atomic E-state index is -3.79. The summed E-state index contributed by atoms with van der Waals surface area (Å²) >= 11 is 0. The molecule has 0 amide bonds. The largest absolute Gasteiger partial charge is 0.490 e. The summed E-state index contributed by atoms with van der Waals surface area (Å²) in [5.74, 6) is 1.35. The second kappa shape index (κ2) is 18.9. The van der Waals surface area contributed by atoms with E-state index in [1.54, 1.807) is 42.5 Å². The third-order valence-electron chi connectivity index (χ3n) is 11.5. The molecule has 2 aromatic heterocycles. The Balaban J connectivity index is 0.000000181. The number of hydrogen-bond donors (Lipinski definition) is 3. The number of benzene rings is 6. The van der Waals surface area contributed by atoms with Gasteiger partial charge < -0.3 is 19.7 Å².